The quantitative estimate of drug-likeness (QED) is 0.249. The van der Waals surface area contributed by atoms with Gasteiger partial charge in [-0.15, -0.1) is 0 Å². The molecular weight excluding hydrogens is 464 g/mol. The minimum atomic E-state index is -10.7. The number of hydrogen-bond acceptors (Lipinski definition) is 0. The molecule has 32 heavy (non-hydrogen) atoms. The summed E-state index contributed by atoms with van der Waals surface area (Å²) in [6.45, 7) is 4.79. The van der Waals surface area contributed by atoms with E-state index in [1.807, 2.05) is 0 Å². The van der Waals surface area contributed by atoms with Gasteiger partial charge in [0.25, 0.3) is 0 Å². The topological polar surface area (TPSA) is 0 Å². The van der Waals surface area contributed by atoms with Crippen LogP contribution in [0.15, 0.2) is 78.9 Å². The predicted octanol–water partition coefficient (Wildman–Crippen LogP) is 8.88. The molecule has 1 heterocycles. The van der Waals surface area contributed by atoms with E-state index in [9.17, 15) is 25.2 Å². The normalized spacial score (nSPS) is 19.9. The third kappa shape index (κ3) is 6.56. The number of halogens is 6. The molecule has 0 N–H and O–H groups in total. The molecule has 0 radical (unpaired) electrons. The van der Waals surface area contributed by atoms with Crippen LogP contribution in [0.2, 0.25) is 0 Å². The van der Waals surface area contributed by atoms with Crippen LogP contribution in [0.1, 0.15) is 30.0 Å². The molecule has 1 aliphatic rings. The van der Waals surface area contributed by atoms with E-state index in [1.165, 1.54) is 24.6 Å². The molecule has 0 saturated heterocycles. The zero-order chi connectivity index (χ0) is 23.7. The van der Waals surface area contributed by atoms with E-state index in [0.717, 1.165) is 0 Å². The van der Waals surface area contributed by atoms with Crippen molar-refractivity contribution in [2.75, 3.05) is 0 Å². The van der Waals surface area contributed by atoms with Crippen LogP contribution in [-0.4, -0.2) is 5.66 Å². The van der Waals surface area contributed by atoms with E-state index in [-0.39, 0.29) is 0 Å². The van der Waals surface area contributed by atoms with Crippen LogP contribution in [0.5, 0.6) is 0 Å². The summed E-state index contributed by atoms with van der Waals surface area (Å²) in [7, 11) is -12.1. The predicted molar refractivity (Wildman–Crippen MR) is 125 cm³/mol. The van der Waals surface area contributed by atoms with Gasteiger partial charge < -0.3 is 0 Å². The second kappa shape index (κ2) is 8.15. The molecule has 1 aliphatic heterocycles. The zero-order valence-corrected chi connectivity index (χ0v) is 19.7. The van der Waals surface area contributed by atoms with E-state index in [0.29, 0.717) is 5.66 Å². The number of rotatable bonds is 2. The molecule has 0 saturated carbocycles. The third-order valence-corrected chi connectivity index (χ3v) is 10.9. The fourth-order valence-corrected chi connectivity index (χ4v) is 9.36. The number of aryl methyl sites for hydroxylation is 2. The van der Waals surface area contributed by atoms with Crippen molar-refractivity contribution in [3.05, 3.63) is 95.6 Å². The van der Waals surface area contributed by atoms with Crippen LogP contribution in [0.3, 0.4) is 0 Å². The second-order valence-corrected chi connectivity index (χ2v) is 14.1. The van der Waals surface area contributed by atoms with Crippen molar-refractivity contribution in [3.8, 4) is 0 Å². The molecule has 3 aromatic rings. The molecular formula is C24H26F6P2. The Balaban J connectivity index is 0.000000360. The summed E-state index contributed by atoms with van der Waals surface area (Å²) in [5.74, 6) is 0. The van der Waals surface area contributed by atoms with Gasteiger partial charge in [0, 0.05) is 0 Å². The number of hydrogen-bond donors (Lipinski definition) is 0. The van der Waals surface area contributed by atoms with Crippen molar-refractivity contribution >= 4 is 25.7 Å². The third-order valence-electron chi connectivity index (χ3n) is 5.93. The summed E-state index contributed by atoms with van der Waals surface area (Å²) in [5.41, 5.74) is 5.33. The van der Waals surface area contributed by atoms with Gasteiger partial charge in [0.05, 0.1) is 29.7 Å². The van der Waals surface area contributed by atoms with Crippen molar-refractivity contribution in [1.29, 1.82) is 0 Å². The Bertz CT molecular complexity index is 1010. The monoisotopic (exact) mass is 490 g/mol. The van der Waals surface area contributed by atoms with Gasteiger partial charge in [-0.3, -0.25) is 0 Å². The second-order valence-electron chi connectivity index (χ2n) is 8.26. The summed E-state index contributed by atoms with van der Waals surface area (Å²) < 4.78 is 59.2. The maximum atomic E-state index is 9.87. The summed E-state index contributed by atoms with van der Waals surface area (Å²) in [5, 5.41) is 3.12. The molecule has 3 aromatic carbocycles. The van der Waals surface area contributed by atoms with E-state index >= 15 is 0 Å². The van der Waals surface area contributed by atoms with Crippen LogP contribution in [-0.2, 0) is 12.6 Å². The number of fused-ring (bicyclic) bond motifs is 1. The van der Waals surface area contributed by atoms with Crippen molar-refractivity contribution in [1.82, 2.24) is 0 Å². The standard InChI is InChI=1S/C24H26P.F6P/c1-19-10-9-11-21-17-16-20(2)25(18-24(19)21,22-12-5-3-6-13-22)23-14-7-4-8-15-23;1-7(2,3,4,5)6/h3-15,20H,16-18H2,1-2H3;/q+1;-1. The molecule has 0 aromatic heterocycles. The van der Waals surface area contributed by atoms with E-state index in [4.69, 9.17) is 0 Å². The minimum absolute atomic E-state index is 0.698. The Morgan fingerprint density at radius 3 is 1.66 bits per heavy atom. The fraction of sp³-hybridized carbons (Fsp3) is 0.250. The summed E-state index contributed by atoms with van der Waals surface area (Å²) in [4.78, 5) is 0. The summed E-state index contributed by atoms with van der Waals surface area (Å²) in [6.07, 6.45) is 3.68. The zero-order valence-electron chi connectivity index (χ0n) is 17.9. The van der Waals surface area contributed by atoms with Gasteiger partial charge in [-0.25, -0.2) is 0 Å². The van der Waals surface area contributed by atoms with E-state index in [2.05, 4.69) is 92.7 Å². The molecule has 174 valence electrons. The Labute approximate surface area is 185 Å². The molecule has 8 heteroatoms. The van der Waals surface area contributed by atoms with Gasteiger partial charge in [0.2, 0.25) is 0 Å². The molecule has 1 unspecified atom stereocenters. The molecule has 0 bridgehead atoms. The first-order valence-corrected chi connectivity index (χ1v) is 14.4. The first-order valence-electron chi connectivity index (χ1n) is 10.3. The molecule has 0 nitrogen and oxygen atoms in total. The van der Waals surface area contributed by atoms with Gasteiger partial charge >= 0.3 is 33.0 Å². The molecule has 0 aliphatic carbocycles. The molecule has 1 atom stereocenters. The van der Waals surface area contributed by atoms with Gasteiger partial charge in [-0.05, 0) is 67.6 Å². The van der Waals surface area contributed by atoms with Gasteiger partial charge in [-0.2, -0.15) is 0 Å². The van der Waals surface area contributed by atoms with Gasteiger partial charge in [-0.1, -0.05) is 54.6 Å². The van der Waals surface area contributed by atoms with Crippen LogP contribution in [0.25, 0.3) is 0 Å². The molecule has 0 spiro atoms. The van der Waals surface area contributed by atoms with Crippen LogP contribution in [0.4, 0.5) is 25.2 Å². The van der Waals surface area contributed by atoms with Crippen LogP contribution < -0.4 is 10.6 Å². The summed E-state index contributed by atoms with van der Waals surface area (Å²) in [6, 6.07) is 29.5. The van der Waals surface area contributed by atoms with Crippen molar-refractivity contribution in [2.45, 2.75) is 38.5 Å². The van der Waals surface area contributed by atoms with Crippen molar-refractivity contribution < 1.29 is 25.2 Å². The molecule has 0 fully saturated rings. The van der Waals surface area contributed by atoms with Crippen molar-refractivity contribution in [3.63, 3.8) is 0 Å². The Kier molecular flexibility index (Phi) is 6.30. The van der Waals surface area contributed by atoms with Crippen LogP contribution in [0, 0.1) is 6.92 Å². The average Bonchev–Trinajstić information content (AvgIpc) is 2.85. The maximum absolute atomic E-state index is 10.7. The van der Waals surface area contributed by atoms with Gasteiger partial charge in [0.15, 0.2) is 0 Å². The molecule has 4 rings (SSSR count). The van der Waals surface area contributed by atoms with Crippen LogP contribution >= 0.6 is 15.1 Å². The fourth-order valence-electron chi connectivity index (χ4n) is 4.44. The first kappa shape index (κ1) is 24.7. The first-order chi connectivity index (χ1) is 14.7. The Hall–Kier alpha value is -1.90. The molecule has 0 amide bonds. The Morgan fingerprint density at radius 1 is 0.719 bits per heavy atom. The van der Waals surface area contributed by atoms with E-state index < -0.39 is 15.1 Å². The summed E-state index contributed by atoms with van der Waals surface area (Å²) >= 11 is 0. The average molecular weight is 490 g/mol. The Morgan fingerprint density at radius 2 is 1.19 bits per heavy atom. The van der Waals surface area contributed by atoms with Gasteiger partial charge in [0.1, 0.15) is 0 Å². The van der Waals surface area contributed by atoms with Crippen molar-refractivity contribution in [2.24, 2.45) is 0 Å². The van der Waals surface area contributed by atoms with E-state index in [1.54, 1.807) is 21.7 Å². The number of benzene rings is 3. The SMILES string of the molecule is Cc1cccc2c1C[P+](c1ccccc1)(c1ccccc1)C(C)CC2.F[P-](F)(F)(F)(F)F.